The molecule has 0 aromatic heterocycles. The molecule has 0 atom stereocenters. The van der Waals surface area contributed by atoms with Gasteiger partial charge in [0.25, 0.3) is 0 Å². The lowest BCUT2D eigenvalue weighted by Crippen LogP contribution is -2.46. The van der Waals surface area contributed by atoms with Gasteiger partial charge in [0.15, 0.2) is 5.75 Å². The molecular weight excluding hydrogens is 293 g/mol. The van der Waals surface area contributed by atoms with Crippen molar-refractivity contribution in [3.05, 3.63) is 24.3 Å². The van der Waals surface area contributed by atoms with Gasteiger partial charge in [-0.3, -0.25) is 4.90 Å². The van der Waals surface area contributed by atoms with Crippen molar-refractivity contribution in [1.29, 1.82) is 0 Å². The monoisotopic (exact) mass is 316 g/mol. The summed E-state index contributed by atoms with van der Waals surface area (Å²) in [5.41, 5.74) is 0.521. The molecule has 1 aliphatic heterocycles. The molecule has 0 unspecified atom stereocenters. The van der Waals surface area contributed by atoms with Crippen molar-refractivity contribution in [3.63, 3.8) is 0 Å². The number of rotatable bonds is 6. The van der Waals surface area contributed by atoms with E-state index in [0.717, 1.165) is 32.7 Å². The van der Waals surface area contributed by atoms with Crippen LogP contribution in [0.25, 0.3) is 0 Å². The largest absolute Gasteiger partial charge is 0.573 e. The summed E-state index contributed by atoms with van der Waals surface area (Å²) >= 11 is 0. The van der Waals surface area contributed by atoms with E-state index in [1.807, 2.05) is 4.90 Å². The number of para-hydroxylation sites is 2. The number of alkyl halides is 3. The van der Waals surface area contributed by atoms with Crippen molar-refractivity contribution in [3.8, 4) is 5.75 Å². The molecule has 1 fully saturated rings. The van der Waals surface area contributed by atoms with E-state index in [1.165, 1.54) is 25.3 Å². The molecule has 22 heavy (non-hydrogen) atoms. The third kappa shape index (κ3) is 5.09. The topological polar surface area (TPSA) is 15.7 Å². The minimum atomic E-state index is -4.65. The lowest BCUT2D eigenvalue weighted by molar-refractivity contribution is -0.274. The van der Waals surface area contributed by atoms with Crippen LogP contribution in [-0.4, -0.2) is 44.0 Å². The van der Waals surface area contributed by atoms with E-state index in [9.17, 15) is 13.2 Å². The molecule has 0 aliphatic carbocycles. The van der Waals surface area contributed by atoms with E-state index >= 15 is 0 Å². The van der Waals surface area contributed by atoms with Crippen LogP contribution in [0.15, 0.2) is 24.3 Å². The Labute approximate surface area is 129 Å². The zero-order valence-electron chi connectivity index (χ0n) is 12.9. The second kappa shape index (κ2) is 7.72. The van der Waals surface area contributed by atoms with Crippen molar-refractivity contribution in [2.75, 3.05) is 37.6 Å². The third-order valence-electron chi connectivity index (χ3n) is 3.88. The predicted octanol–water partition coefficient (Wildman–Crippen LogP) is 3.90. The van der Waals surface area contributed by atoms with Gasteiger partial charge in [-0.05, 0) is 25.1 Å². The summed E-state index contributed by atoms with van der Waals surface area (Å²) in [5, 5.41) is 0. The van der Waals surface area contributed by atoms with Crippen LogP contribution in [-0.2, 0) is 0 Å². The predicted molar refractivity (Wildman–Crippen MR) is 81.3 cm³/mol. The molecular formula is C16H23F3N2O. The fourth-order valence-electron chi connectivity index (χ4n) is 2.73. The lowest BCUT2D eigenvalue weighted by atomic mass is 10.2. The maximum absolute atomic E-state index is 12.5. The van der Waals surface area contributed by atoms with Gasteiger partial charge >= 0.3 is 6.36 Å². The third-order valence-corrected chi connectivity index (χ3v) is 3.88. The quantitative estimate of drug-likeness (QED) is 0.740. The molecule has 1 aromatic carbocycles. The highest BCUT2D eigenvalue weighted by Crippen LogP contribution is 2.33. The Hall–Kier alpha value is -1.43. The average Bonchev–Trinajstić information content (AvgIpc) is 2.47. The Balaban J connectivity index is 1.94. The molecule has 0 N–H and O–H groups in total. The highest BCUT2D eigenvalue weighted by molar-refractivity contribution is 5.58. The first-order chi connectivity index (χ1) is 10.5. The first-order valence-electron chi connectivity index (χ1n) is 7.81. The molecule has 1 aliphatic rings. The summed E-state index contributed by atoms with van der Waals surface area (Å²) in [6.07, 6.45) is -1.05. The molecule has 3 nitrogen and oxygen atoms in total. The average molecular weight is 316 g/mol. The van der Waals surface area contributed by atoms with Crippen LogP contribution in [0.1, 0.15) is 26.2 Å². The molecule has 1 saturated heterocycles. The fourth-order valence-corrected chi connectivity index (χ4v) is 2.73. The van der Waals surface area contributed by atoms with Gasteiger partial charge in [0.05, 0.1) is 5.69 Å². The van der Waals surface area contributed by atoms with Crippen LogP contribution in [0, 0.1) is 0 Å². The van der Waals surface area contributed by atoms with E-state index in [2.05, 4.69) is 16.6 Å². The zero-order chi connectivity index (χ0) is 16.0. The normalized spacial score (nSPS) is 16.8. The molecule has 0 radical (unpaired) electrons. The molecule has 1 heterocycles. The van der Waals surface area contributed by atoms with Crippen molar-refractivity contribution >= 4 is 5.69 Å². The van der Waals surface area contributed by atoms with Gasteiger partial charge in [0.2, 0.25) is 0 Å². The highest BCUT2D eigenvalue weighted by Gasteiger charge is 2.33. The van der Waals surface area contributed by atoms with Crippen molar-refractivity contribution in [1.82, 2.24) is 4.90 Å². The maximum Gasteiger partial charge on any atom is 0.573 e. The summed E-state index contributed by atoms with van der Waals surface area (Å²) in [6, 6.07) is 6.36. The molecule has 0 bridgehead atoms. The summed E-state index contributed by atoms with van der Waals surface area (Å²) in [7, 11) is 0. The number of ether oxygens (including phenoxy) is 1. The molecule has 0 spiro atoms. The van der Waals surface area contributed by atoms with Gasteiger partial charge in [0.1, 0.15) is 0 Å². The first-order valence-corrected chi connectivity index (χ1v) is 7.81. The van der Waals surface area contributed by atoms with E-state index in [1.54, 1.807) is 18.2 Å². The number of unbranched alkanes of at least 4 members (excludes halogenated alkanes) is 2. The Bertz CT molecular complexity index is 457. The summed E-state index contributed by atoms with van der Waals surface area (Å²) in [5.74, 6) is -0.116. The molecule has 0 amide bonds. The van der Waals surface area contributed by atoms with Crippen molar-refractivity contribution in [2.45, 2.75) is 32.5 Å². The number of halogens is 3. The van der Waals surface area contributed by atoms with Gasteiger partial charge in [0, 0.05) is 26.2 Å². The Morgan fingerprint density at radius 2 is 1.73 bits per heavy atom. The van der Waals surface area contributed by atoms with Gasteiger partial charge in [-0.15, -0.1) is 13.2 Å². The van der Waals surface area contributed by atoms with Gasteiger partial charge in [-0.25, -0.2) is 0 Å². The van der Waals surface area contributed by atoms with Crippen LogP contribution in [0.3, 0.4) is 0 Å². The van der Waals surface area contributed by atoms with Crippen LogP contribution in [0.4, 0.5) is 18.9 Å². The smallest absolute Gasteiger partial charge is 0.404 e. The molecule has 1 aromatic rings. The van der Waals surface area contributed by atoms with E-state index in [4.69, 9.17) is 0 Å². The first kappa shape index (κ1) is 16.9. The number of anilines is 1. The highest BCUT2D eigenvalue weighted by atomic mass is 19.4. The Morgan fingerprint density at radius 1 is 1.05 bits per heavy atom. The van der Waals surface area contributed by atoms with Gasteiger partial charge in [-0.1, -0.05) is 31.9 Å². The van der Waals surface area contributed by atoms with Crippen molar-refractivity contribution in [2.24, 2.45) is 0 Å². The minimum absolute atomic E-state index is 0.116. The number of hydrogen-bond donors (Lipinski definition) is 0. The summed E-state index contributed by atoms with van der Waals surface area (Å²) in [6.45, 7) is 6.46. The molecule has 124 valence electrons. The molecule has 0 saturated carbocycles. The van der Waals surface area contributed by atoms with E-state index < -0.39 is 6.36 Å². The Kier molecular flexibility index (Phi) is 5.94. The van der Waals surface area contributed by atoms with Crippen LogP contribution in [0.5, 0.6) is 5.75 Å². The van der Waals surface area contributed by atoms with Crippen LogP contribution < -0.4 is 9.64 Å². The fraction of sp³-hybridized carbons (Fsp3) is 0.625. The standard InChI is InChI=1S/C16H23F3N2O/c1-2-3-6-9-20-10-12-21(13-11-20)14-7-4-5-8-15(14)22-16(17,18)19/h4-5,7-8H,2-3,6,9-13H2,1H3. The van der Waals surface area contributed by atoms with Gasteiger partial charge < -0.3 is 9.64 Å². The number of piperazine rings is 1. The second-order valence-corrected chi connectivity index (χ2v) is 5.55. The van der Waals surface area contributed by atoms with Gasteiger partial charge in [-0.2, -0.15) is 0 Å². The number of benzene rings is 1. The lowest BCUT2D eigenvalue weighted by Gasteiger charge is -2.36. The number of nitrogens with zero attached hydrogens (tertiary/aromatic N) is 2. The number of hydrogen-bond acceptors (Lipinski definition) is 3. The minimum Gasteiger partial charge on any atom is -0.404 e. The molecule has 2 rings (SSSR count). The maximum atomic E-state index is 12.5. The summed E-state index contributed by atoms with van der Waals surface area (Å²) in [4.78, 5) is 4.34. The van der Waals surface area contributed by atoms with Crippen molar-refractivity contribution < 1.29 is 17.9 Å². The Morgan fingerprint density at radius 3 is 2.36 bits per heavy atom. The zero-order valence-corrected chi connectivity index (χ0v) is 12.9. The van der Waals surface area contributed by atoms with E-state index in [0.29, 0.717) is 5.69 Å². The van der Waals surface area contributed by atoms with Crippen LogP contribution >= 0.6 is 0 Å². The SMILES string of the molecule is CCCCCN1CCN(c2ccccc2OC(F)(F)F)CC1. The van der Waals surface area contributed by atoms with Crippen LogP contribution in [0.2, 0.25) is 0 Å². The van der Waals surface area contributed by atoms with E-state index in [-0.39, 0.29) is 5.75 Å². The summed E-state index contributed by atoms with van der Waals surface area (Å²) < 4.78 is 41.6. The second-order valence-electron chi connectivity index (χ2n) is 5.55. The molecule has 6 heteroatoms.